The largest absolute Gasteiger partial charge is 0.472 e. The van der Waals surface area contributed by atoms with Gasteiger partial charge < -0.3 is 26.2 Å². The Balaban J connectivity index is 4.34. The van der Waals surface area contributed by atoms with Gasteiger partial charge in [-0.1, -0.05) is 172 Å². The monoisotopic (exact) mass is 811 g/mol. The summed E-state index contributed by atoms with van der Waals surface area (Å²) in [6.07, 6.45) is 47.7. The molecule has 0 saturated heterocycles. The number of phosphoric acid groups is 1. The lowest BCUT2D eigenvalue weighted by molar-refractivity contribution is -0.124. The Morgan fingerprint density at radius 3 is 1.48 bits per heavy atom. The second kappa shape index (κ2) is 41.6. The van der Waals surface area contributed by atoms with E-state index in [9.17, 15) is 24.5 Å². The number of nitrogens with two attached hydrogens (primary N) is 1. The summed E-state index contributed by atoms with van der Waals surface area (Å²) in [6.45, 7) is 3.92. The molecule has 4 atom stereocenters. The fourth-order valence-corrected chi connectivity index (χ4v) is 7.20. The maximum Gasteiger partial charge on any atom is 0.472 e. The van der Waals surface area contributed by atoms with Crippen LogP contribution in [-0.2, 0) is 18.4 Å². The topological polar surface area (TPSA) is 151 Å². The molecule has 1 amide bonds. The van der Waals surface area contributed by atoms with Gasteiger partial charge in [0.15, 0.2) is 0 Å². The van der Waals surface area contributed by atoms with E-state index in [0.717, 1.165) is 57.8 Å². The average Bonchev–Trinajstić information content (AvgIpc) is 3.17. The van der Waals surface area contributed by atoms with Crippen LogP contribution in [0.1, 0.15) is 200 Å². The van der Waals surface area contributed by atoms with Crippen LogP contribution in [0.4, 0.5) is 0 Å². The van der Waals surface area contributed by atoms with Gasteiger partial charge in [0.25, 0.3) is 0 Å². The molecule has 0 fully saturated rings. The maximum absolute atomic E-state index is 12.8. The standard InChI is InChI=1S/C46H87N2O7P/c1-3-5-7-9-11-13-15-17-19-20-21-22-24-25-27-29-31-33-35-37-43(49)41-46(51)48-44(42-55-56(52,53)54-40-39-47)45(50)38-36-34-32-30-28-26-23-18-16-14-12-10-8-6-4-2/h16,18,22,24,28,30,36,38,43-45,49-50H,3-15,17,19-21,23,25-27,29,31-35,37,39-42,47H2,1-2H3,(H,48,51)(H,52,53)/b18-16+,24-22-,30-28+,38-36+. The van der Waals surface area contributed by atoms with E-state index < -0.39 is 38.6 Å². The fraction of sp³-hybridized carbons (Fsp3) is 0.804. The summed E-state index contributed by atoms with van der Waals surface area (Å²) >= 11 is 0. The van der Waals surface area contributed by atoms with Crippen LogP contribution in [0.5, 0.6) is 0 Å². The predicted octanol–water partition coefficient (Wildman–Crippen LogP) is 11.9. The summed E-state index contributed by atoms with van der Waals surface area (Å²) < 4.78 is 22.1. The van der Waals surface area contributed by atoms with Gasteiger partial charge in [-0.25, -0.2) is 4.57 Å². The molecule has 0 spiro atoms. The average molecular weight is 811 g/mol. The van der Waals surface area contributed by atoms with Crippen LogP contribution < -0.4 is 11.1 Å². The maximum atomic E-state index is 12.8. The van der Waals surface area contributed by atoms with Gasteiger partial charge in [-0.3, -0.25) is 13.8 Å². The summed E-state index contributed by atoms with van der Waals surface area (Å²) in [4.78, 5) is 22.8. The molecule has 0 saturated carbocycles. The molecular formula is C46H87N2O7P. The Hall–Kier alpha value is -1.58. The van der Waals surface area contributed by atoms with Gasteiger partial charge in [0, 0.05) is 6.54 Å². The molecule has 0 aromatic rings. The van der Waals surface area contributed by atoms with Crippen LogP contribution in [0.15, 0.2) is 48.6 Å². The SMILES string of the molecule is CCCCCCC/C=C/CC/C=C/CC/C=C/C(O)C(COP(=O)(O)OCCN)NC(=O)CC(O)CCCCCCC/C=C\CCCCCCCCCCCC. The second-order valence-corrected chi connectivity index (χ2v) is 16.9. The highest BCUT2D eigenvalue weighted by Crippen LogP contribution is 2.43. The number of phosphoric ester groups is 1. The molecular weight excluding hydrogens is 723 g/mol. The first-order valence-electron chi connectivity index (χ1n) is 22.8. The van der Waals surface area contributed by atoms with E-state index in [0.29, 0.717) is 12.8 Å². The van der Waals surface area contributed by atoms with E-state index in [1.54, 1.807) is 6.08 Å². The molecule has 0 heterocycles. The molecule has 0 aromatic heterocycles. The lowest BCUT2D eigenvalue weighted by atomic mass is 10.0. The van der Waals surface area contributed by atoms with E-state index in [1.807, 2.05) is 6.08 Å². The van der Waals surface area contributed by atoms with Crippen molar-refractivity contribution in [2.45, 2.75) is 218 Å². The van der Waals surface area contributed by atoms with E-state index >= 15 is 0 Å². The van der Waals surface area contributed by atoms with Gasteiger partial charge >= 0.3 is 7.82 Å². The first kappa shape index (κ1) is 54.4. The van der Waals surface area contributed by atoms with Gasteiger partial charge in [-0.2, -0.15) is 0 Å². The van der Waals surface area contributed by atoms with Gasteiger partial charge in [-0.15, -0.1) is 0 Å². The third-order valence-corrected chi connectivity index (χ3v) is 10.9. The zero-order chi connectivity index (χ0) is 41.2. The molecule has 0 aliphatic heterocycles. The Morgan fingerprint density at radius 2 is 1.02 bits per heavy atom. The third kappa shape index (κ3) is 39.3. The zero-order valence-electron chi connectivity index (χ0n) is 36.0. The molecule has 0 aliphatic carbocycles. The van der Waals surface area contributed by atoms with Crippen molar-refractivity contribution >= 4 is 13.7 Å². The first-order valence-corrected chi connectivity index (χ1v) is 24.3. The number of aliphatic hydroxyl groups excluding tert-OH is 2. The Morgan fingerprint density at radius 1 is 0.607 bits per heavy atom. The third-order valence-electron chi connectivity index (χ3n) is 9.91. The molecule has 0 radical (unpaired) electrons. The first-order chi connectivity index (χ1) is 27.3. The smallest absolute Gasteiger partial charge is 0.393 e. The van der Waals surface area contributed by atoms with Crippen molar-refractivity contribution in [3.8, 4) is 0 Å². The van der Waals surface area contributed by atoms with Crippen molar-refractivity contribution in [2.75, 3.05) is 19.8 Å². The Kier molecular flexibility index (Phi) is 40.4. The lowest BCUT2D eigenvalue weighted by Gasteiger charge is -2.24. The summed E-state index contributed by atoms with van der Waals surface area (Å²) in [7, 11) is -4.41. The lowest BCUT2D eigenvalue weighted by Crippen LogP contribution is -2.46. The normalized spacial score (nSPS) is 15.0. The fourth-order valence-electron chi connectivity index (χ4n) is 6.44. The molecule has 0 rings (SSSR count). The van der Waals surface area contributed by atoms with Crippen molar-refractivity contribution in [1.29, 1.82) is 0 Å². The molecule has 10 heteroatoms. The van der Waals surface area contributed by atoms with Crippen molar-refractivity contribution in [3.63, 3.8) is 0 Å². The van der Waals surface area contributed by atoms with Crippen LogP contribution in [0, 0.1) is 0 Å². The molecule has 9 nitrogen and oxygen atoms in total. The minimum absolute atomic E-state index is 0.0402. The molecule has 0 aromatic carbocycles. The summed E-state index contributed by atoms with van der Waals surface area (Å²) in [5, 5.41) is 24.0. The van der Waals surface area contributed by atoms with Crippen molar-refractivity contribution in [3.05, 3.63) is 48.6 Å². The van der Waals surface area contributed by atoms with Crippen LogP contribution in [0.2, 0.25) is 0 Å². The van der Waals surface area contributed by atoms with Gasteiger partial charge in [0.2, 0.25) is 5.91 Å². The van der Waals surface area contributed by atoms with Crippen molar-refractivity contribution in [2.24, 2.45) is 5.73 Å². The van der Waals surface area contributed by atoms with E-state index in [-0.39, 0.29) is 19.6 Å². The predicted molar refractivity (Wildman–Crippen MR) is 237 cm³/mol. The highest BCUT2D eigenvalue weighted by atomic mass is 31.2. The van der Waals surface area contributed by atoms with Crippen molar-refractivity contribution < 1.29 is 33.5 Å². The summed E-state index contributed by atoms with van der Waals surface area (Å²) in [6, 6.07) is -1.01. The minimum atomic E-state index is -4.41. The highest BCUT2D eigenvalue weighted by molar-refractivity contribution is 7.47. The second-order valence-electron chi connectivity index (χ2n) is 15.4. The van der Waals surface area contributed by atoms with E-state index in [4.69, 9.17) is 14.8 Å². The molecule has 0 bridgehead atoms. The number of unbranched alkanes of at least 4 members (excludes halogenated alkanes) is 22. The van der Waals surface area contributed by atoms with Crippen LogP contribution in [-0.4, -0.2) is 59.0 Å². The number of carbonyl (C=O) groups is 1. The Labute approximate surface area is 344 Å². The number of aliphatic hydroxyl groups is 2. The highest BCUT2D eigenvalue weighted by Gasteiger charge is 2.27. The van der Waals surface area contributed by atoms with Gasteiger partial charge in [-0.05, 0) is 70.6 Å². The van der Waals surface area contributed by atoms with Crippen LogP contribution >= 0.6 is 7.82 Å². The number of carbonyl (C=O) groups excluding carboxylic acids is 1. The number of nitrogens with one attached hydrogen (secondary N) is 1. The molecule has 56 heavy (non-hydrogen) atoms. The zero-order valence-corrected chi connectivity index (χ0v) is 36.9. The minimum Gasteiger partial charge on any atom is -0.393 e. The molecule has 0 aliphatic rings. The number of allylic oxidation sites excluding steroid dienone is 7. The summed E-state index contributed by atoms with van der Waals surface area (Å²) in [5.41, 5.74) is 5.36. The van der Waals surface area contributed by atoms with Crippen LogP contribution in [0.25, 0.3) is 0 Å². The summed E-state index contributed by atoms with van der Waals surface area (Å²) in [5.74, 6) is -0.465. The number of hydrogen-bond donors (Lipinski definition) is 5. The quantitative estimate of drug-likeness (QED) is 0.0232. The number of amides is 1. The van der Waals surface area contributed by atoms with Gasteiger partial charge in [0.1, 0.15) is 0 Å². The van der Waals surface area contributed by atoms with Crippen LogP contribution in [0.3, 0.4) is 0 Å². The molecule has 4 unspecified atom stereocenters. The van der Waals surface area contributed by atoms with Crippen molar-refractivity contribution in [1.82, 2.24) is 5.32 Å². The Bertz CT molecular complexity index is 1030. The number of hydrogen-bond acceptors (Lipinski definition) is 7. The van der Waals surface area contributed by atoms with Gasteiger partial charge in [0.05, 0.1) is 37.9 Å². The van der Waals surface area contributed by atoms with E-state index in [1.165, 1.54) is 109 Å². The van der Waals surface area contributed by atoms with E-state index in [2.05, 4.69) is 55.6 Å². The number of rotatable bonds is 42. The molecule has 328 valence electrons. The molecule has 6 N–H and O–H groups in total.